The van der Waals surface area contributed by atoms with Crippen LogP contribution in [0.2, 0.25) is 0 Å². The monoisotopic (exact) mass is 416 g/mol. The fraction of sp³-hybridized carbons (Fsp3) is 0.235. The van der Waals surface area contributed by atoms with Gasteiger partial charge in [-0.2, -0.15) is 9.61 Å². The third-order valence-corrected chi connectivity index (χ3v) is 6.29. The first-order valence-electron chi connectivity index (χ1n) is 8.36. The summed E-state index contributed by atoms with van der Waals surface area (Å²) in [5.74, 6) is 0.218. The minimum atomic E-state index is -0.266. The molecule has 1 fully saturated rings. The molecule has 1 N–H and O–H groups in total. The van der Waals surface area contributed by atoms with Crippen molar-refractivity contribution in [1.82, 2.24) is 24.8 Å². The number of carbonyl (C=O) groups is 1. The Kier molecular flexibility index (Phi) is 4.22. The van der Waals surface area contributed by atoms with Crippen molar-refractivity contribution in [3.8, 4) is 0 Å². The Morgan fingerprint density at radius 1 is 1.30 bits per heavy atom. The van der Waals surface area contributed by atoms with Crippen molar-refractivity contribution in [1.29, 1.82) is 0 Å². The van der Waals surface area contributed by atoms with Crippen LogP contribution in [0.1, 0.15) is 24.5 Å². The molecule has 136 valence electrons. The molecule has 3 heterocycles. The number of nitrogens with zero attached hydrogens (tertiary/aromatic N) is 5. The van der Waals surface area contributed by atoms with Crippen LogP contribution in [0.3, 0.4) is 0 Å². The van der Waals surface area contributed by atoms with Crippen molar-refractivity contribution in [3.05, 3.63) is 36.0 Å². The summed E-state index contributed by atoms with van der Waals surface area (Å²) in [4.78, 5) is 16.8. The largest absolute Gasteiger partial charge is 0.301 e. The number of hydrogen-bond donors (Lipinski definition) is 1. The molecule has 1 aliphatic rings. The van der Waals surface area contributed by atoms with E-state index in [1.54, 1.807) is 4.52 Å². The first-order chi connectivity index (χ1) is 13.2. The fourth-order valence-electron chi connectivity index (χ4n) is 2.72. The molecule has 1 aromatic carbocycles. The Balaban J connectivity index is 1.44. The van der Waals surface area contributed by atoms with Gasteiger partial charge in [0.25, 0.3) is 0 Å². The van der Waals surface area contributed by atoms with E-state index in [4.69, 9.17) is 16.7 Å². The van der Waals surface area contributed by atoms with Crippen LogP contribution in [-0.2, 0) is 4.79 Å². The summed E-state index contributed by atoms with van der Waals surface area (Å²) in [5, 5.41) is 17.1. The molecule has 1 aliphatic carbocycles. The highest BCUT2D eigenvalue weighted by atomic mass is 35.5. The number of rotatable bonds is 5. The van der Waals surface area contributed by atoms with Gasteiger partial charge in [-0.05, 0) is 54.9 Å². The molecule has 3 aromatic heterocycles. The number of benzene rings is 1. The second-order valence-corrected chi connectivity index (χ2v) is 8.56. The molecule has 1 amide bonds. The summed E-state index contributed by atoms with van der Waals surface area (Å²) in [6.07, 6.45) is 2.40. The number of carbonyl (C=O) groups excluding carboxylic acids is 1. The molecular weight excluding hydrogens is 404 g/mol. The van der Waals surface area contributed by atoms with Gasteiger partial charge in [-0.15, -0.1) is 21.8 Å². The summed E-state index contributed by atoms with van der Waals surface area (Å²) in [5.41, 5.74) is 2.67. The van der Waals surface area contributed by atoms with E-state index in [0.29, 0.717) is 11.0 Å². The lowest BCUT2D eigenvalue weighted by molar-refractivity contribution is -0.113. The number of anilines is 1. The quantitative estimate of drug-likeness (QED) is 0.496. The van der Waals surface area contributed by atoms with Gasteiger partial charge in [0.05, 0.1) is 15.9 Å². The van der Waals surface area contributed by atoms with Gasteiger partial charge in [-0.25, -0.2) is 4.98 Å². The molecule has 0 spiro atoms. The van der Waals surface area contributed by atoms with Gasteiger partial charge in [0, 0.05) is 10.8 Å². The maximum Gasteiger partial charge on any atom is 0.241 e. The predicted octanol–water partition coefficient (Wildman–Crippen LogP) is 3.94. The second-order valence-electron chi connectivity index (χ2n) is 6.22. The number of hydrogen-bond acceptors (Lipinski definition) is 7. The lowest BCUT2D eigenvalue weighted by atomic mass is 10.3. The lowest BCUT2D eigenvalue weighted by Crippen LogP contribution is -2.11. The van der Waals surface area contributed by atoms with E-state index in [2.05, 4.69) is 20.5 Å². The highest BCUT2D eigenvalue weighted by Gasteiger charge is 2.26. The van der Waals surface area contributed by atoms with Gasteiger partial charge in [0.15, 0.2) is 10.8 Å². The molecule has 0 aliphatic heterocycles. The molecule has 0 bridgehead atoms. The van der Waals surface area contributed by atoms with E-state index in [1.165, 1.54) is 35.9 Å². The first kappa shape index (κ1) is 16.9. The van der Waals surface area contributed by atoms with E-state index in [1.807, 2.05) is 30.3 Å². The van der Waals surface area contributed by atoms with Crippen LogP contribution in [0.4, 0.5) is 5.13 Å². The van der Waals surface area contributed by atoms with E-state index in [9.17, 15) is 4.79 Å². The standard InChI is InChI=1S/C17H13ClN6OS2/c18-8-15(25)20-16-19-12-4-3-10(7-13(12)27-16)26-17-22-21-14-6-5-11(9-1-2-9)23-24(14)17/h3-7,9H,1-2,8H2,(H,19,20,25). The van der Waals surface area contributed by atoms with E-state index < -0.39 is 0 Å². The van der Waals surface area contributed by atoms with Crippen LogP contribution in [0, 0.1) is 0 Å². The summed E-state index contributed by atoms with van der Waals surface area (Å²) >= 11 is 8.44. The molecule has 10 heteroatoms. The maximum atomic E-state index is 11.4. The summed E-state index contributed by atoms with van der Waals surface area (Å²) in [6, 6.07) is 9.94. The van der Waals surface area contributed by atoms with E-state index in [-0.39, 0.29) is 11.8 Å². The number of thiazole rings is 1. The zero-order valence-electron chi connectivity index (χ0n) is 13.9. The Hall–Kier alpha value is -2.23. The van der Waals surface area contributed by atoms with Crippen molar-refractivity contribution < 1.29 is 4.79 Å². The van der Waals surface area contributed by atoms with Crippen molar-refractivity contribution in [3.63, 3.8) is 0 Å². The summed E-state index contributed by atoms with van der Waals surface area (Å²) < 4.78 is 2.78. The molecule has 1 saturated carbocycles. The third kappa shape index (κ3) is 3.38. The average molecular weight is 417 g/mol. The van der Waals surface area contributed by atoms with Crippen molar-refractivity contribution >= 4 is 61.6 Å². The Labute approximate surface area is 167 Å². The summed E-state index contributed by atoms with van der Waals surface area (Å²) in [7, 11) is 0. The molecule has 0 radical (unpaired) electrons. The van der Waals surface area contributed by atoms with Crippen LogP contribution in [-0.4, -0.2) is 36.6 Å². The Morgan fingerprint density at radius 3 is 3.00 bits per heavy atom. The third-order valence-electron chi connectivity index (χ3n) is 4.19. The molecule has 27 heavy (non-hydrogen) atoms. The molecular formula is C17H13ClN6OS2. The van der Waals surface area contributed by atoms with Crippen LogP contribution >= 0.6 is 34.7 Å². The van der Waals surface area contributed by atoms with Gasteiger partial charge in [0.1, 0.15) is 5.88 Å². The van der Waals surface area contributed by atoms with Crippen LogP contribution < -0.4 is 5.32 Å². The number of halogens is 1. The molecule has 0 unspecified atom stereocenters. The number of fused-ring (bicyclic) bond motifs is 2. The highest BCUT2D eigenvalue weighted by Crippen LogP contribution is 2.39. The molecule has 0 saturated heterocycles. The molecule has 4 aromatic rings. The zero-order valence-corrected chi connectivity index (χ0v) is 16.3. The number of alkyl halides is 1. The zero-order chi connectivity index (χ0) is 18.4. The number of nitrogens with one attached hydrogen (secondary N) is 1. The average Bonchev–Trinajstić information content (AvgIpc) is 3.35. The molecule has 5 rings (SSSR count). The highest BCUT2D eigenvalue weighted by molar-refractivity contribution is 7.99. The van der Waals surface area contributed by atoms with Gasteiger partial charge in [0.2, 0.25) is 11.1 Å². The Bertz CT molecular complexity index is 1170. The van der Waals surface area contributed by atoms with Crippen LogP contribution in [0.25, 0.3) is 15.9 Å². The topological polar surface area (TPSA) is 85.1 Å². The normalized spacial score (nSPS) is 14.1. The summed E-state index contributed by atoms with van der Waals surface area (Å²) in [6.45, 7) is 0. The van der Waals surface area contributed by atoms with Gasteiger partial charge < -0.3 is 5.32 Å². The van der Waals surface area contributed by atoms with Crippen molar-refractivity contribution in [2.24, 2.45) is 0 Å². The molecule has 0 atom stereocenters. The van der Waals surface area contributed by atoms with Gasteiger partial charge in [-0.1, -0.05) is 11.3 Å². The predicted molar refractivity (Wildman–Crippen MR) is 106 cm³/mol. The Morgan fingerprint density at radius 2 is 2.19 bits per heavy atom. The van der Waals surface area contributed by atoms with Crippen LogP contribution in [0.15, 0.2) is 40.4 Å². The minimum Gasteiger partial charge on any atom is -0.301 e. The lowest BCUT2D eigenvalue weighted by Gasteiger charge is -2.01. The van der Waals surface area contributed by atoms with E-state index in [0.717, 1.165) is 31.6 Å². The minimum absolute atomic E-state index is 0.0904. The number of aromatic nitrogens is 5. The van der Waals surface area contributed by atoms with Crippen molar-refractivity contribution in [2.75, 3.05) is 11.2 Å². The fourth-order valence-corrected chi connectivity index (χ4v) is 4.61. The van der Waals surface area contributed by atoms with Gasteiger partial charge >= 0.3 is 0 Å². The maximum absolute atomic E-state index is 11.4. The van der Waals surface area contributed by atoms with Crippen LogP contribution in [0.5, 0.6) is 0 Å². The SMILES string of the molecule is O=C(CCl)Nc1nc2ccc(Sc3nnc4ccc(C5CC5)nn34)cc2s1. The first-order valence-corrected chi connectivity index (χ1v) is 10.5. The smallest absolute Gasteiger partial charge is 0.241 e. The van der Waals surface area contributed by atoms with E-state index >= 15 is 0 Å². The number of amides is 1. The van der Waals surface area contributed by atoms with Crippen molar-refractivity contribution in [2.45, 2.75) is 28.8 Å². The second kappa shape index (κ2) is 6.74. The van der Waals surface area contributed by atoms with Gasteiger partial charge in [-0.3, -0.25) is 4.79 Å². The molecule has 7 nitrogen and oxygen atoms in total.